The van der Waals surface area contributed by atoms with Crippen molar-refractivity contribution in [3.8, 4) is 5.75 Å². The molecular weight excluding hydrogens is 266 g/mol. The van der Waals surface area contributed by atoms with E-state index in [2.05, 4.69) is 11.4 Å². The van der Waals surface area contributed by atoms with Crippen molar-refractivity contribution < 1.29 is 5.11 Å². The Kier molecular flexibility index (Phi) is 4.64. The van der Waals surface area contributed by atoms with Crippen molar-refractivity contribution in [2.45, 2.75) is 19.9 Å². The van der Waals surface area contributed by atoms with Crippen LogP contribution in [0.5, 0.6) is 5.75 Å². The van der Waals surface area contributed by atoms with Crippen molar-refractivity contribution in [3.63, 3.8) is 0 Å². The summed E-state index contributed by atoms with van der Waals surface area (Å²) in [5, 5.41) is 13.2. The van der Waals surface area contributed by atoms with Crippen molar-refractivity contribution in [1.82, 2.24) is 5.32 Å². The van der Waals surface area contributed by atoms with Gasteiger partial charge in [-0.15, -0.1) is 11.3 Å². The van der Waals surface area contributed by atoms with Crippen LogP contribution in [0.3, 0.4) is 0 Å². The smallest absolute Gasteiger partial charge is 0.122 e. The lowest BCUT2D eigenvalue weighted by molar-refractivity contribution is 0.460. The first-order valence-electron chi connectivity index (χ1n) is 5.89. The third-order valence-electron chi connectivity index (χ3n) is 2.81. The average molecular weight is 282 g/mol. The Balaban J connectivity index is 1.80. The fourth-order valence-corrected chi connectivity index (χ4v) is 2.87. The Labute approximate surface area is 116 Å². The molecule has 2 aromatic rings. The average Bonchev–Trinajstić information content (AvgIpc) is 2.76. The van der Waals surface area contributed by atoms with E-state index < -0.39 is 0 Å². The molecule has 0 unspecified atom stereocenters. The van der Waals surface area contributed by atoms with Crippen LogP contribution in [0.15, 0.2) is 30.3 Å². The minimum Gasteiger partial charge on any atom is -0.507 e. The van der Waals surface area contributed by atoms with Gasteiger partial charge in [-0.05, 0) is 31.0 Å². The number of aryl methyl sites for hydroxylation is 1. The number of aromatic hydroxyl groups is 1. The monoisotopic (exact) mass is 281 g/mol. The number of phenols is 1. The minimum atomic E-state index is 0.393. The summed E-state index contributed by atoms with van der Waals surface area (Å²) in [7, 11) is 0. The van der Waals surface area contributed by atoms with E-state index in [1.165, 1.54) is 4.88 Å². The molecule has 0 aliphatic rings. The summed E-state index contributed by atoms with van der Waals surface area (Å²) in [6.45, 7) is 3.48. The summed E-state index contributed by atoms with van der Waals surface area (Å²) in [4.78, 5) is 1.28. The van der Waals surface area contributed by atoms with Gasteiger partial charge in [0.05, 0.1) is 4.34 Å². The van der Waals surface area contributed by atoms with E-state index in [1.807, 2.05) is 31.2 Å². The molecule has 0 aliphatic heterocycles. The highest BCUT2D eigenvalue weighted by Gasteiger charge is 2.03. The first-order valence-corrected chi connectivity index (χ1v) is 7.08. The SMILES string of the molecule is Cc1cccc(CNCCc2ccc(Cl)s2)c1O. The van der Waals surface area contributed by atoms with Crippen molar-refractivity contribution >= 4 is 22.9 Å². The number of hydrogen-bond acceptors (Lipinski definition) is 3. The van der Waals surface area contributed by atoms with E-state index in [4.69, 9.17) is 11.6 Å². The second-order valence-corrected chi connectivity index (χ2v) is 6.01. The number of hydrogen-bond donors (Lipinski definition) is 2. The van der Waals surface area contributed by atoms with Crippen LogP contribution in [-0.4, -0.2) is 11.7 Å². The highest BCUT2D eigenvalue weighted by Crippen LogP contribution is 2.22. The van der Waals surface area contributed by atoms with Gasteiger partial charge in [-0.3, -0.25) is 0 Å². The molecular formula is C14H16ClNOS. The van der Waals surface area contributed by atoms with E-state index >= 15 is 0 Å². The van der Waals surface area contributed by atoms with Crippen LogP contribution >= 0.6 is 22.9 Å². The zero-order chi connectivity index (χ0) is 13.0. The van der Waals surface area contributed by atoms with Crippen molar-refractivity contribution in [1.29, 1.82) is 0 Å². The zero-order valence-corrected chi connectivity index (χ0v) is 11.8. The molecule has 4 heteroatoms. The summed E-state index contributed by atoms with van der Waals surface area (Å²) < 4.78 is 0.835. The fraction of sp³-hybridized carbons (Fsp3) is 0.286. The van der Waals surface area contributed by atoms with Crippen molar-refractivity contribution in [3.05, 3.63) is 50.7 Å². The largest absolute Gasteiger partial charge is 0.507 e. The molecule has 2 nitrogen and oxygen atoms in total. The molecule has 0 saturated carbocycles. The van der Waals surface area contributed by atoms with Crippen molar-refractivity contribution in [2.75, 3.05) is 6.54 Å². The number of benzene rings is 1. The topological polar surface area (TPSA) is 32.3 Å². The lowest BCUT2D eigenvalue weighted by Gasteiger charge is -2.08. The number of para-hydroxylation sites is 1. The van der Waals surface area contributed by atoms with Crippen LogP contribution in [0.4, 0.5) is 0 Å². The van der Waals surface area contributed by atoms with E-state index in [0.717, 1.165) is 28.4 Å². The minimum absolute atomic E-state index is 0.393. The van der Waals surface area contributed by atoms with Crippen LogP contribution in [0, 0.1) is 6.92 Å². The van der Waals surface area contributed by atoms with Gasteiger partial charge in [0.2, 0.25) is 0 Å². The molecule has 1 aromatic carbocycles. The molecule has 1 heterocycles. The van der Waals surface area contributed by atoms with Gasteiger partial charge in [0.15, 0.2) is 0 Å². The summed E-state index contributed by atoms with van der Waals surface area (Å²) in [5.74, 6) is 0.393. The predicted octanol–water partition coefficient (Wildman–Crippen LogP) is 3.75. The van der Waals surface area contributed by atoms with Gasteiger partial charge in [-0.2, -0.15) is 0 Å². The van der Waals surface area contributed by atoms with E-state index in [-0.39, 0.29) is 0 Å². The van der Waals surface area contributed by atoms with Gasteiger partial charge < -0.3 is 10.4 Å². The number of nitrogens with one attached hydrogen (secondary N) is 1. The van der Waals surface area contributed by atoms with Crippen LogP contribution in [0.25, 0.3) is 0 Å². The first kappa shape index (κ1) is 13.4. The highest BCUT2D eigenvalue weighted by molar-refractivity contribution is 7.16. The van der Waals surface area contributed by atoms with E-state index in [1.54, 1.807) is 11.3 Å². The Morgan fingerprint density at radius 3 is 2.83 bits per heavy atom. The van der Waals surface area contributed by atoms with Crippen LogP contribution in [0.2, 0.25) is 4.34 Å². The maximum Gasteiger partial charge on any atom is 0.122 e. The number of halogens is 1. The molecule has 18 heavy (non-hydrogen) atoms. The number of rotatable bonds is 5. The molecule has 0 bridgehead atoms. The van der Waals surface area contributed by atoms with Gasteiger partial charge in [-0.25, -0.2) is 0 Å². The van der Waals surface area contributed by atoms with E-state index in [0.29, 0.717) is 12.3 Å². The second-order valence-electron chi connectivity index (χ2n) is 4.22. The molecule has 0 saturated heterocycles. The molecule has 0 radical (unpaired) electrons. The van der Waals surface area contributed by atoms with E-state index in [9.17, 15) is 5.11 Å². The fourth-order valence-electron chi connectivity index (χ4n) is 1.78. The van der Waals surface area contributed by atoms with Gasteiger partial charge in [0.1, 0.15) is 5.75 Å². The predicted molar refractivity (Wildman–Crippen MR) is 77.6 cm³/mol. The summed E-state index contributed by atoms with van der Waals surface area (Å²) in [5.41, 5.74) is 1.86. The molecule has 0 aliphatic carbocycles. The number of thiophene rings is 1. The zero-order valence-electron chi connectivity index (χ0n) is 10.2. The van der Waals surface area contributed by atoms with Crippen molar-refractivity contribution in [2.24, 2.45) is 0 Å². The van der Waals surface area contributed by atoms with Crippen LogP contribution in [0.1, 0.15) is 16.0 Å². The third-order valence-corrected chi connectivity index (χ3v) is 4.10. The molecule has 0 atom stereocenters. The first-order chi connectivity index (χ1) is 8.66. The van der Waals surface area contributed by atoms with Gasteiger partial charge in [0, 0.05) is 23.5 Å². The Bertz CT molecular complexity index is 524. The second kappa shape index (κ2) is 6.23. The van der Waals surface area contributed by atoms with Crippen LogP contribution in [-0.2, 0) is 13.0 Å². The van der Waals surface area contributed by atoms with Gasteiger partial charge >= 0.3 is 0 Å². The Morgan fingerprint density at radius 1 is 1.28 bits per heavy atom. The Morgan fingerprint density at radius 2 is 2.11 bits per heavy atom. The van der Waals surface area contributed by atoms with Gasteiger partial charge in [-0.1, -0.05) is 29.8 Å². The molecule has 0 amide bonds. The maximum absolute atomic E-state index is 9.86. The summed E-state index contributed by atoms with van der Waals surface area (Å²) >= 11 is 7.49. The lowest BCUT2D eigenvalue weighted by Crippen LogP contribution is -2.16. The summed E-state index contributed by atoms with van der Waals surface area (Å²) in [6.07, 6.45) is 0.962. The Hall–Kier alpha value is -1.03. The molecule has 1 aromatic heterocycles. The molecule has 0 spiro atoms. The lowest BCUT2D eigenvalue weighted by atomic mass is 10.1. The molecule has 0 fully saturated rings. The standard InChI is InChI=1S/C14H16ClNOS/c1-10-3-2-4-11(14(10)17)9-16-8-7-12-5-6-13(15)18-12/h2-6,16-17H,7-9H2,1H3. The molecule has 96 valence electrons. The quantitative estimate of drug-likeness (QED) is 0.818. The third kappa shape index (κ3) is 3.48. The van der Waals surface area contributed by atoms with Crippen LogP contribution < -0.4 is 5.32 Å². The normalized spacial score (nSPS) is 10.8. The summed E-state index contributed by atoms with van der Waals surface area (Å²) in [6, 6.07) is 9.79. The molecule has 2 rings (SSSR count). The van der Waals surface area contributed by atoms with Gasteiger partial charge in [0.25, 0.3) is 0 Å². The number of phenolic OH excluding ortho intramolecular Hbond substituents is 1. The molecule has 2 N–H and O–H groups in total. The maximum atomic E-state index is 9.86. The highest BCUT2D eigenvalue weighted by atomic mass is 35.5.